The van der Waals surface area contributed by atoms with Gasteiger partial charge < -0.3 is 14.3 Å². The van der Waals surface area contributed by atoms with Crippen molar-refractivity contribution < 1.29 is 13.3 Å². The van der Waals surface area contributed by atoms with Crippen molar-refractivity contribution in [1.82, 2.24) is 14.6 Å². The largest absolute Gasteiger partial charge is 0.365 e. The minimum Gasteiger partial charge on any atom is -0.365 e. The van der Waals surface area contributed by atoms with Crippen LogP contribution in [-0.2, 0) is 0 Å². The van der Waals surface area contributed by atoms with E-state index < -0.39 is 22.6 Å². The lowest BCUT2D eigenvalue weighted by molar-refractivity contribution is 0.312. The first-order valence-electron chi connectivity index (χ1n) is 9.64. The van der Waals surface area contributed by atoms with Crippen LogP contribution in [0.2, 0.25) is 5.02 Å². The van der Waals surface area contributed by atoms with Crippen molar-refractivity contribution in [3.05, 3.63) is 67.6 Å². The zero-order valence-corrected chi connectivity index (χ0v) is 17.2. The number of halogens is 3. The topological polar surface area (TPSA) is 74.5 Å². The van der Waals surface area contributed by atoms with Gasteiger partial charge in [-0.1, -0.05) is 11.6 Å². The number of likely N-dealkylation sites (N-methyl/N-ethyl adjacent to an activating group) is 1. The number of hydrogen-bond donors (Lipinski definition) is 1. The Labute approximate surface area is 179 Å². The summed E-state index contributed by atoms with van der Waals surface area (Å²) in [6.07, 6.45) is 0. The predicted molar refractivity (Wildman–Crippen MR) is 115 cm³/mol. The second-order valence-electron chi connectivity index (χ2n) is 7.56. The van der Waals surface area contributed by atoms with Crippen LogP contribution in [0.4, 0.5) is 14.5 Å². The van der Waals surface area contributed by atoms with Crippen molar-refractivity contribution in [2.45, 2.75) is 0 Å². The molecule has 0 saturated carbocycles. The fourth-order valence-electron chi connectivity index (χ4n) is 4.03. The Bertz CT molecular complexity index is 1430. The number of benzene rings is 2. The van der Waals surface area contributed by atoms with E-state index in [1.807, 2.05) is 11.9 Å². The van der Waals surface area contributed by atoms with E-state index in [-0.39, 0.29) is 32.7 Å². The van der Waals surface area contributed by atoms with Crippen LogP contribution >= 0.6 is 11.6 Å². The molecule has 0 radical (unpaired) electrons. The first-order chi connectivity index (χ1) is 14.9. The molecule has 0 spiro atoms. The molecule has 1 aliphatic heterocycles. The van der Waals surface area contributed by atoms with Gasteiger partial charge in [0.05, 0.1) is 21.6 Å². The van der Waals surface area contributed by atoms with Gasteiger partial charge in [0.25, 0.3) is 5.56 Å². The highest BCUT2D eigenvalue weighted by atomic mass is 35.5. The number of rotatable bonds is 2. The molecular weight excluding hydrogens is 430 g/mol. The molecule has 1 fully saturated rings. The molecule has 0 unspecified atom stereocenters. The highest BCUT2D eigenvalue weighted by Gasteiger charge is 2.27. The van der Waals surface area contributed by atoms with Gasteiger partial charge in [-0.25, -0.2) is 8.78 Å². The van der Waals surface area contributed by atoms with Crippen LogP contribution in [0, 0.1) is 11.6 Å². The number of H-pyrrole nitrogens is 1. The van der Waals surface area contributed by atoms with E-state index in [0.717, 1.165) is 19.2 Å². The number of hydrogen-bond acceptors (Lipinski definition) is 5. The molecule has 10 heteroatoms. The van der Waals surface area contributed by atoms with Crippen molar-refractivity contribution in [2.75, 3.05) is 38.1 Å². The van der Waals surface area contributed by atoms with E-state index in [1.165, 1.54) is 28.8 Å². The fourth-order valence-corrected chi connectivity index (χ4v) is 4.43. The second kappa shape index (κ2) is 7.21. The minimum atomic E-state index is -0.738. The predicted octanol–water partition coefficient (Wildman–Crippen LogP) is 3.11. The summed E-state index contributed by atoms with van der Waals surface area (Å²) >= 11 is 6.72. The lowest BCUT2D eigenvalue weighted by Gasteiger charge is -2.35. The fraction of sp³-hybridized carbons (Fsp3) is 0.238. The number of aromatic amines is 1. The maximum Gasteiger partial charge on any atom is 0.293 e. The van der Waals surface area contributed by atoms with E-state index in [2.05, 4.69) is 10.1 Å². The monoisotopic (exact) mass is 446 g/mol. The summed E-state index contributed by atoms with van der Waals surface area (Å²) in [6.45, 7) is 2.57. The molecule has 3 heterocycles. The van der Waals surface area contributed by atoms with Gasteiger partial charge in [-0.2, -0.15) is 5.16 Å². The Hall–Kier alpha value is -3.17. The third-order valence-corrected chi connectivity index (χ3v) is 6.01. The number of pyridine rings is 1. The van der Waals surface area contributed by atoms with Gasteiger partial charge in [0.2, 0.25) is 11.1 Å². The summed E-state index contributed by atoms with van der Waals surface area (Å²) in [5.41, 5.74) is -0.746. The molecule has 0 aliphatic carbocycles. The SMILES string of the molecule is CN1CCN(c2c(F)cc3c(=O)c4c(=O)[nH]oc4n(-c4ccc(F)cc4)c3c2Cl)CC1. The van der Waals surface area contributed by atoms with Crippen molar-refractivity contribution in [1.29, 1.82) is 0 Å². The third kappa shape index (κ3) is 3.03. The van der Waals surface area contributed by atoms with Crippen LogP contribution in [-0.4, -0.2) is 47.9 Å². The summed E-state index contributed by atoms with van der Waals surface area (Å²) in [5, 5.41) is 1.84. The van der Waals surface area contributed by atoms with Crippen molar-refractivity contribution in [3.63, 3.8) is 0 Å². The Morgan fingerprint density at radius 3 is 2.42 bits per heavy atom. The smallest absolute Gasteiger partial charge is 0.293 e. The summed E-state index contributed by atoms with van der Waals surface area (Å²) in [5.74, 6) is -1.11. The van der Waals surface area contributed by atoms with E-state index in [1.54, 1.807) is 0 Å². The lowest BCUT2D eigenvalue weighted by Crippen LogP contribution is -2.45. The molecule has 1 aliphatic rings. The first kappa shape index (κ1) is 19.8. The van der Waals surface area contributed by atoms with Crippen LogP contribution < -0.4 is 15.9 Å². The second-order valence-corrected chi connectivity index (χ2v) is 7.94. The third-order valence-electron chi connectivity index (χ3n) is 5.65. The normalized spacial score (nSPS) is 15.3. The van der Waals surface area contributed by atoms with Crippen LogP contribution in [0.25, 0.3) is 27.7 Å². The molecule has 1 N–H and O–H groups in total. The number of aromatic nitrogens is 2. The van der Waals surface area contributed by atoms with Crippen LogP contribution in [0.1, 0.15) is 0 Å². The highest BCUT2D eigenvalue weighted by Crippen LogP contribution is 2.38. The van der Waals surface area contributed by atoms with Gasteiger partial charge in [-0.3, -0.25) is 14.2 Å². The molecule has 0 atom stereocenters. The quantitative estimate of drug-likeness (QED) is 0.512. The van der Waals surface area contributed by atoms with Crippen molar-refractivity contribution >= 4 is 39.3 Å². The molecule has 0 amide bonds. The Kier molecular flexibility index (Phi) is 4.60. The summed E-state index contributed by atoms with van der Waals surface area (Å²) in [7, 11) is 1.98. The number of fused-ring (bicyclic) bond motifs is 2. The number of nitrogens with one attached hydrogen (secondary N) is 1. The molecule has 4 aromatic rings. The lowest BCUT2D eigenvalue weighted by atomic mass is 10.1. The molecule has 1 saturated heterocycles. The first-order valence-corrected chi connectivity index (χ1v) is 10.0. The maximum atomic E-state index is 15.2. The molecule has 5 rings (SSSR count). The van der Waals surface area contributed by atoms with E-state index in [4.69, 9.17) is 16.1 Å². The average Bonchev–Trinajstić information content (AvgIpc) is 3.13. The molecule has 7 nitrogen and oxygen atoms in total. The molecular formula is C21H17ClF2N4O3. The highest BCUT2D eigenvalue weighted by molar-refractivity contribution is 6.38. The van der Waals surface area contributed by atoms with Crippen molar-refractivity contribution in [2.24, 2.45) is 0 Å². The molecule has 31 heavy (non-hydrogen) atoms. The van der Waals surface area contributed by atoms with E-state index in [9.17, 15) is 14.0 Å². The summed E-state index contributed by atoms with van der Waals surface area (Å²) < 4.78 is 35.5. The number of nitrogens with zero attached hydrogens (tertiary/aromatic N) is 3. The van der Waals surface area contributed by atoms with Gasteiger partial charge in [0.1, 0.15) is 11.6 Å². The van der Waals surface area contributed by atoms with Gasteiger partial charge in [0.15, 0.2) is 5.39 Å². The van der Waals surface area contributed by atoms with Crippen LogP contribution in [0.15, 0.2) is 44.4 Å². The van der Waals surface area contributed by atoms with E-state index >= 15 is 4.39 Å². The molecule has 2 aromatic heterocycles. The maximum absolute atomic E-state index is 15.2. The van der Waals surface area contributed by atoms with Gasteiger partial charge in [-0.05, 0) is 37.4 Å². The van der Waals surface area contributed by atoms with Gasteiger partial charge in [-0.15, -0.1) is 0 Å². The summed E-state index contributed by atoms with van der Waals surface area (Å²) in [4.78, 5) is 29.2. The zero-order chi connectivity index (χ0) is 21.9. The number of piperazine rings is 1. The molecule has 2 aromatic carbocycles. The average molecular weight is 447 g/mol. The minimum absolute atomic E-state index is 0.0201. The standard InChI is InChI=1S/C21H17ClF2N4O3/c1-26-6-8-27(9-7-26)18-14(24)10-13-17(16(18)22)28(12-4-2-11(23)3-5-12)21-15(19(13)29)20(30)25-31-21/h2-5,10H,6-9H2,1H3,(H,25,30). The van der Waals surface area contributed by atoms with Crippen molar-refractivity contribution in [3.8, 4) is 5.69 Å². The van der Waals surface area contributed by atoms with Gasteiger partial charge in [0, 0.05) is 31.9 Å². The number of anilines is 1. The summed E-state index contributed by atoms with van der Waals surface area (Å²) in [6, 6.07) is 6.48. The Morgan fingerprint density at radius 1 is 1.06 bits per heavy atom. The van der Waals surface area contributed by atoms with Crippen LogP contribution in [0.3, 0.4) is 0 Å². The van der Waals surface area contributed by atoms with Gasteiger partial charge >= 0.3 is 0 Å². The van der Waals surface area contributed by atoms with Crippen LogP contribution in [0.5, 0.6) is 0 Å². The van der Waals surface area contributed by atoms with E-state index in [0.29, 0.717) is 18.8 Å². The Morgan fingerprint density at radius 2 is 1.74 bits per heavy atom. The Balaban J connectivity index is 1.91. The molecule has 160 valence electrons. The molecule has 0 bridgehead atoms. The zero-order valence-electron chi connectivity index (χ0n) is 16.4.